The van der Waals surface area contributed by atoms with Gasteiger partial charge < -0.3 is 10.6 Å². The molecule has 0 radical (unpaired) electrons. The quantitative estimate of drug-likeness (QED) is 0.327. The highest BCUT2D eigenvalue weighted by molar-refractivity contribution is 5.48. The van der Waals surface area contributed by atoms with Crippen LogP contribution in [0.2, 0.25) is 0 Å². The molecule has 2 N–H and O–H groups in total. The summed E-state index contributed by atoms with van der Waals surface area (Å²) in [6, 6.07) is 6.30. The predicted octanol–water partition coefficient (Wildman–Crippen LogP) is 1.23. The van der Waals surface area contributed by atoms with E-state index in [4.69, 9.17) is 6.42 Å². The average molecular weight is 219 g/mol. The monoisotopic (exact) mass is 219 g/mol. The van der Waals surface area contributed by atoms with E-state index in [1.54, 1.807) is 12.1 Å². The smallest absolute Gasteiger partial charge is 0.269 e. The Hall–Kier alpha value is -2.06. The number of anilines is 1. The molecule has 0 heterocycles. The molecule has 1 aromatic carbocycles. The van der Waals surface area contributed by atoms with Crippen LogP contribution in [0, 0.1) is 22.5 Å². The van der Waals surface area contributed by atoms with Crippen molar-refractivity contribution < 1.29 is 4.92 Å². The van der Waals surface area contributed by atoms with Crippen LogP contribution in [0.1, 0.15) is 0 Å². The van der Waals surface area contributed by atoms with Gasteiger partial charge in [-0.15, -0.1) is 6.42 Å². The lowest BCUT2D eigenvalue weighted by atomic mass is 10.3. The van der Waals surface area contributed by atoms with Crippen LogP contribution in [-0.2, 0) is 0 Å². The normalized spacial score (nSPS) is 9.44. The van der Waals surface area contributed by atoms with Gasteiger partial charge in [0.1, 0.15) is 0 Å². The third-order valence-electron chi connectivity index (χ3n) is 1.94. The zero-order valence-corrected chi connectivity index (χ0v) is 8.77. The molecule has 0 atom stereocenters. The van der Waals surface area contributed by atoms with Gasteiger partial charge in [-0.2, -0.15) is 0 Å². The number of non-ortho nitro benzene ring substituents is 1. The number of nitro benzene ring substituents is 1. The maximum Gasteiger partial charge on any atom is 0.269 e. The van der Waals surface area contributed by atoms with Crippen LogP contribution in [-0.4, -0.2) is 24.6 Å². The molecule has 0 amide bonds. The molecule has 0 aliphatic carbocycles. The van der Waals surface area contributed by atoms with E-state index >= 15 is 0 Å². The molecule has 0 saturated carbocycles. The molecule has 16 heavy (non-hydrogen) atoms. The van der Waals surface area contributed by atoms with E-state index in [0.29, 0.717) is 6.54 Å². The summed E-state index contributed by atoms with van der Waals surface area (Å²) in [5.41, 5.74) is 0.948. The van der Waals surface area contributed by atoms with Crippen LogP contribution in [0.4, 0.5) is 11.4 Å². The van der Waals surface area contributed by atoms with Gasteiger partial charge in [-0.25, -0.2) is 0 Å². The van der Waals surface area contributed by atoms with Gasteiger partial charge >= 0.3 is 0 Å². The summed E-state index contributed by atoms with van der Waals surface area (Å²) in [7, 11) is 0. The van der Waals surface area contributed by atoms with Crippen LogP contribution in [0.5, 0.6) is 0 Å². The Labute approximate surface area is 94.0 Å². The van der Waals surface area contributed by atoms with Gasteiger partial charge in [0.05, 0.1) is 11.5 Å². The van der Waals surface area contributed by atoms with Crippen molar-refractivity contribution in [3.05, 3.63) is 34.4 Å². The highest BCUT2D eigenvalue weighted by atomic mass is 16.6. The molecule has 5 nitrogen and oxygen atoms in total. The maximum atomic E-state index is 10.4. The van der Waals surface area contributed by atoms with Crippen molar-refractivity contribution in [2.45, 2.75) is 0 Å². The molecule has 0 aliphatic rings. The van der Waals surface area contributed by atoms with Crippen molar-refractivity contribution in [3.63, 3.8) is 0 Å². The highest BCUT2D eigenvalue weighted by Crippen LogP contribution is 2.14. The van der Waals surface area contributed by atoms with E-state index in [1.807, 2.05) is 0 Å². The molecule has 0 bridgehead atoms. The average Bonchev–Trinajstić information content (AvgIpc) is 2.29. The topological polar surface area (TPSA) is 67.2 Å². The van der Waals surface area contributed by atoms with Gasteiger partial charge in [0.2, 0.25) is 0 Å². The first-order valence-corrected chi connectivity index (χ1v) is 4.86. The molecule has 5 heteroatoms. The second-order valence-electron chi connectivity index (χ2n) is 3.11. The second-order valence-corrected chi connectivity index (χ2v) is 3.11. The fraction of sp³-hybridized carbons (Fsp3) is 0.273. The largest absolute Gasteiger partial charge is 0.384 e. The van der Waals surface area contributed by atoms with Gasteiger partial charge in [0, 0.05) is 30.9 Å². The Morgan fingerprint density at radius 1 is 1.31 bits per heavy atom. The fourth-order valence-electron chi connectivity index (χ4n) is 1.16. The molecule has 84 valence electrons. The van der Waals surface area contributed by atoms with E-state index in [-0.39, 0.29) is 5.69 Å². The third kappa shape index (κ3) is 3.98. The summed E-state index contributed by atoms with van der Waals surface area (Å²) in [6.45, 7) is 2.02. The minimum absolute atomic E-state index is 0.0935. The number of terminal acetylenes is 1. The molecular formula is C11H13N3O2. The van der Waals surface area contributed by atoms with Crippen LogP contribution in [0.15, 0.2) is 24.3 Å². The number of nitro groups is 1. The molecule has 0 spiro atoms. The minimum atomic E-state index is -0.418. The number of hydrogen-bond acceptors (Lipinski definition) is 4. The van der Waals surface area contributed by atoms with Gasteiger partial charge in [-0.1, -0.05) is 5.92 Å². The third-order valence-corrected chi connectivity index (χ3v) is 1.94. The van der Waals surface area contributed by atoms with Crippen molar-refractivity contribution in [2.24, 2.45) is 0 Å². The number of rotatable bonds is 6. The Bertz CT molecular complexity index is 381. The molecular weight excluding hydrogens is 206 g/mol. The first-order valence-electron chi connectivity index (χ1n) is 4.86. The van der Waals surface area contributed by atoms with Gasteiger partial charge in [-0.05, 0) is 12.1 Å². The first-order chi connectivity index (χ1) is 7.74. The fourth-order valence-corrected chi connectivity index (χ4v) is 1.16. The molecule has 1 rings (SSSR count). The van der Waals surface area contributed by atoms with Crippen LogP contribution in [0.25, 0.3) is 0 Å². The first kappa shape index (κ1) is 12.0. The molecule has 0 saturated heterocycles. The van der Waals surface area contributed by atoms with Crippen molar-refractivity contribution in [2.75, 3.05) is 25.0 Å². The van der Waals surface area contributed by atoms with Crippen LogP contribution < -0.4 is 10.6 Å². The molecule has 0 unspecified atom stereocenters. The van der Waals surface area contributed by atoms with Crippen LogP contribution >= 0.6 is 0 Å². The van der Waals surface area contributed by atoms with Crippen LogP contribution in [0.3, 0.4) is 0 Å². The van der Waals surface area contributed by atoms with Crippen molar-refractivity contribution in [1.82, 2.24) is 5.32 Å². The minimum Gasteiger partial charge on any atom is -0.384 e. The lowest BCUT2D eigenvalue weighted by molar-refractivity contribution is -0.384. The van der Waals surface area contributed by atoms with E-state index in [0.717, 1.165) is 18.8 Å². The van der Waals surface area contributed by atoms with Gasteiger partial charge in [0.15, 0.2) is 0 Å². The van der Waals surface area contributed by atoms with Gasteiger partial charge in [0.25, 0.3) is 5.69 Å². The molecule has 0 aliphatic heterocycles. The Morgan fingerprint density at radius 3 is 2.56 bits per heavy atom. The summed E-state index contributed by atoms with van der Waals surface area (Å²) in [5.74, 6) is 2.47. The maximum absolute atomic E-state index is 10.4. The Kier molecular flexibility index (Phi) is 4.83. The predicted molar refractivity (Wildman–Crippen MR) is 63.3 cm³/mol. The number of nitrogens with zero attached hydrogens (tertiary/aromatic N) is 1. The van der Waals surface area contributed by atoms with Gasteiger partial charge in [-0.3, -0.25) is 10.1 Å². The van der Waals surface area contributed by atoms with E-state index < -0.39 is 4.92 Å². The second kappa shape index (κ2) is 6.43. The number of nitrogens with one attached hydrogen (secondary N) is 2. The summed E-state index contributed by atoms with van der Waals surface area (Å²) in [5, 5.41) is 16.5. The lowest BCUT2D eigenvalue weighted by Crippen LogP contribution is -2.22. The molecule has 0 fully saturated rings. The van der Waals surface area contributed by atoms with Crippen molar-refractivity contribution >= 4 is 11.4 Å². The zero-order valence-electron chi connectivity index (χ0n) is 8.77. The summed E-state index contributed by atoms with van der Waals surface area (Å²) in [6.07, 6.45) is 5.07. The van der Waals surface area contributed by atoms with Crippen molar-refractivity contribution in [3.8, 4) is 12.3 Å². The Balaban J connectivity index is 2.33. The summed E-state index contributed by atoms with van der Waals surface area (Å²) >= 11 is 0. The molecule has 0 aromatic heterocycles. The number of benzene rings is 1. The SMILES string of the molecule is C#CCNCCNc1ccc([N+](=O)[O-])cc1. The standard InChI is InChI=1S/C11H13N3O2/c1-2-7-12-8-9-13-10-3-5-11(6-4-10)14(15)16/h1,3-6,12-13H,7-9H2. The highest BCUT2D eigenvalue weighted by Gasteiger charge is 2.02. The number of hydrogen-bond donors (Lipinski definition) is 2. The Morgan fingerprint density at radius 2 is 2.00 bits per heavy atom. The zero-order chi connectivity index (χ0) is 11.8. The van der Waals surface area contributed by atoms with E-state index in [1.165, 1.54) is 12.1 Å². The summed E-state index contributed by atoms with van der Waals surface area (Å²) < 4.78 is 0. The molecule has 1 aromatic rings. The van der Waals surface area contributed by atoms with E-state index in [9.17, 15) is 10.1 Å². The lowest BCUT2D eigenvalue weighted by Gasteiger charge is -2.05. The van der Waals surface area contributed by atoms with E-state index in [2.05, 4.69) is 16.6 Å². The van der Waals surface area contributed by atoms with Crippen molar-refractivity contribution in [1.29, 1.82) is 0 Å². The summed E-state index contributed by atoms with van der Waals surface area (Å²) in [4.78, 5) is 9.98.